The summed E-state index contributed by atoms with van der Waals surface area (Å²) in [5, 5.41) is 3.81. The first-order valence-electron chi connectivity index (χ1n) is 7.17. The van der Waals surface area contributed by atoms with Gasteiger partial charge in [-0.25, -0.2) is 0 Å². The van der Waals surface area contributed by atoms with Gasteiger partial charge in [-0.05, 0) is 24.1 Å². The van der Waals surface area contributed by atoms with Gasteiger partial charge in [0.05, 0.1) is 23.4 Å². The third-order valence-electron chi connectivity index (χ3n) is 3.49. The summed E-state index contributed by atoms with van der Waals surface area (Å²) in [5.41, 5.74) is 8.58. The van der Waals surface area contributed by atoms with Gasteiger partial charge in [0.2, 0.25) is 5.91 Å². The summed E-state index contributed by atoms with van der Waals surface area (Å²) in [6, 6.07) is 18.8. The molecule has 0 aliphatic rings. The van der Waals surface area contributed by atoms with Crippen molar-refractivity contribution < 1.29 is 4.79 Å². The zero-order valence-corrected chi connectivity index (χ0v) is 12.1. The Kier molecular flexibility index (Phi) is 4.12. The zero-order valence-electron chi connectivity index (χ0n) is 12.1. The molecule has 0 spiro atoms. The van der Waals surface area contributed by atoms with Gasteiger partial charge in [0.15, 0.2) is 0 Å². The second kappa shape index (κ2) is 6.37. The number of pyridine rings is 1. The molecular weight excluding hydrogens is 274 g/mol. The first-order valence-corrected chi connectivity index (χ1v) is 7.17. The van der Waals surface area contributed by atoms with E-state index in [1.165, 1.54) is 0 Å². The maximum atomic E-state index is 12.2. The van der Waals surface area contributed by atoms with Crippen LogP contribution in [0, 0.1) is 0 Å². The van der Waals surface area contributed by atoms with Gasteiger partial charge in [0.1, 0.15) is 0 Å². The molecule has 0 bridgehead atoms. The lowest BCUT2D eigenvalue weighted by Gasteiger charge is -2.12. The summed E-state index contributed by atoms with van der Waals surface area (Å²) in [6.45, 7) is 0. The van der Waals surface area contributed by atoms with Crippen molar-refractivity contribution in [2.24, 2.45) is 5.73 Å². The van der Waals surface area contributed by atoms with E-state index in [1.54, 1.807) is 6.20 Å². The van der Waals surface area contributed by atoms with Gasteiger partial charge in [-0.1, -0.05) is 48.5 Å². The van der Waals surface area contributed by atoms with E-state index in [2.05, 4.69) is 10.3 Å². The van der Waals surface area contributed by atoms with E-state index in [-0.39, 0.29) is 5.91 Å². The quantitative estimate of drug-likeness (QED) is 0.776. The van der Waals surface area contributed by atoms with Crippen LogP contribution in [0.1, 0.15) is 5.56 Å². The number of nitrogens with two attached hydrogens (primary N) is 1. The highest BCUT2D eigenvalue weighted by molar-refractivity contribution is 5.96. The maximum absolute atomic E-state index is 12.2. The van der Waals surface area contributed by atoms with Crippen molar-refractivity contribution in [2.75, 3.05) is 5.32 Å². The van der Waals surface area contributed by atoms with Crippen molar-refractivity contribution in [1.29, 1.82) is 0 Å². The Morgan fingerprint density at radius 2 is 1.82 bits per heavy atom. The van der Waals surface area contributed by atoms with E-state index >= 15 is 0 Å². The number of nitrogens with zero attached hydrogens (tertiary/aromatic N) is 1. The van der Waals surface area contributed by atoms with Crippen molar-refractivity contribution in [3.8, 4) is 0 Å². The van der Waals surface area contributed by atoms with Crippen molar-refractivity contribution in [3.63, 3.8) is 0 Å². The first kappa shape index (κ1) is 14.2. The second-order valence-corrected chi connectivity index (χ2v) is 5.20. The fraction of sp³-hybridized carbons (Fsp3) is 0.111. The highest BCUT2D eigenvalue weighted by Gasteiger charge is 2.14. The van der Waals surface area contributed by atoms with Crippen LogP contribution in [-0.4, -0.2) is 16.9 Å². The number of hydrogen-bond acceptors (Lipinski definition) is 3. The molecular formula is C18H17N3O. The molecule has 0 aliphatic carbocycles. The third kappa shape index (κ3) is 3.30. The Balaban J connectivity index is 1.69. The van der Waals surface area contributed by atoms with E-state index < -0.39 is 6.04 Å². The van der Waals surface area contributed by atoms with Gasteiger partial charge in [-0.15, -0.1) is 0 Å². The van der Waals surface area contributed by atoms with Crippen LogP contribution in [0.15, 0.2) is 66.9 Å². The smallest absolute Gasteiger partial charge is 0.241 e. The average molecular weight is 291 g/mol. The molecule has 1 heterocycles. The molecule has 2 aromatic carbocycles. The number of carbonyl (C=O) groups excluding carboxylic acids is 1. The maximum Gasteiger partial charge on any atom is 0.241 e. The molecule has 3 N–H and O–H groups in total. The van der Waals surface area contributed by atoms with Gasteiger partial charge in [-0.3, -0.25) is 9.78 Å². The number of nitrogens with one attached hydrogen (secondary N) is 1. The van der Waals surface area contributed by atoms with E-state index in [9.17, 15) is 4.79 Å². The van der Waals surface area contributed by atoms with E-state index in [1.807, 2.05) is 60.7 Å². The normalized spacial score (nSPS) is 12.0. The molecule has 0 saturated heterocycles. The molecule has 110 valence electrons. The first-order chi connectivity index (χ1) is 10.7. The van der Waals surface area contributed by atoms with Crippen LogP contribution in [0.25, 0.3) is 10.9 Å². The molecule has 1 amide bonds. The molecule has 0 fully saturated rings. The molecule has 22 heavy (non-hydrogen) atoms. The molecule has 4 nitrogen and oxygen atoms in total. The molecule has 1 unspecified atom stereocenters. The van der Waals surface area contributed by atoms with Gasteiger partial charge in [0.25, 0.3) is 0 Å². The topological polar surface area (TPSA) is 68.0 Å². The van der Waals surface area contributed by atoms with Crippen LogP contribution in [0.2, 0.25) is 0 Å². The zero-order chi connectivity index (χ0) is 15.4. The molecule has 0 radical (unpaired) electrons. The number of aromatic nitrogens is 1. The molecule has 1 atom stereocenters. The minimum Gasteiger partial charge on any atom is -0.323 e. The number of anilines is 1. The summed E-state index contributed by atoms with van der Waals surface area (Å²) in [6.07, 6.45) is 2.16. The standard InChI is InChI=1S/C18H17N3O/c19-16(10-13-6-2-1-3-7-13)18(22)21-15-11-14-8-4-5-9-17(14)20-12-15/h1-9,11-12,16H,10,19H2,(H,21,22). The number of rotatable bonds is 4. The summed E-state index contributed by atoms with van der Waals surface area (Å²) >= 11 is 0. The fourth-order valence-electron chi connectivity index (χ4n) is 2.34. The lowest BCUT2D eigenvalue weighted by Crippen LogP contribution is -2.37. The van der Waals surface area contributed by atoms with E-state index in [0.29, 0.717) is 12.1 Å². The van der Waals surface area contributed by atoms with Gasteiger partial charge < -0.3 is 11.1 Å². The van der Waals surface area contributed by atoms with E-state index in [0.717, 1.165) is 16.5 Å². The van der Waals surface area contributed by atoms with Crippen LogP contribution in [0.4, 0.5) is 5.69 Å². The van der Waals surface area contributed by atoms with Crippen LogP contribution in [0.5, 0.6) is 0 Å². The van der Waals surface area contributed by atoms with Crippen molar-refractivity contribution in [2.45, 2.75) is 12.5 Å². The molecule has 3 aromatic rings. The molecule has 3 rings (SSSR count). The highest BCUT2D eigenvalue weighted by atomic mass is 16.2. The van der Waals surface area contributed by atoms with Gasteiger partial charge >= 0.3 is 0 Å². The minimum absolute atomic E-state index is 0.207. The number of amides is 1. The highest BCUT2D eigenvalue weighted by Crippen LogP contribution is 2.16. The number of carbonyl (C=O) groups is 1. The van der Waals surface area contributed by atoms with Gasteiger partial charge in [-0.2, -0.15) is 0 Å². The Bertz CT molecular complexity index is 786. The molecule has 1 aromatic heterocycles. The fourth-order valence-corrected chi connectivity index (χ4v) is 2.34. The number of hydrogen-bond donors (Lipinski definition) is 2. The summed E-state index contributed by atoms with van der Waals surface area (Å²) in [7, 11) is 0. The lowest BCUT2D eigenvalue weighted by molar-refractivity contribution is -0.117. The largest absolute Gasteiger partial charge is 0.323 e. The van der Waals surface area contributed by atoms with Gasteiger partial charge in [0, 0.05) is 5.39 Å². The number of benzene rings is 2. The van der Waals surface area contributed by atoms with Crippen LogP contribution < -0.4 is 11.1 Å². The van der Waals surface area contributed by atoms with Crippen molar-refractivity contribution >= 4 is 22.5 Å². The Morgan fingerprint density at radius 1 is 1.09 bits per heavy atom. The van der Waals surface area contributed by atoms with Crippen molar-refractivity contribution in [1.82, 2.24) is 4.98 Å². The molecule has 4 heteroatoms. The second-order valence-electron chi connectivity index (χ2n) is 5.20. The predicted octanol–water partition coefficient (Wildman–Crippen LogP) is 2.74. The van der Waals surface area contributed by atoms with Crippen LogP contribution in [0.3, 0.4) is 0 Å². The van der Waals surface area contributed by atoms with Crippen LogP contribution in [-0.2, 0) is 11.2 Å². The molecule has 0 aliphatic heterocycles. The number of para-hydroxylation sites is 1. The third-order valence-corrected chi connectivity index (χ3v) is 3.49. The Morgan fingerprint density at radius 3 is 2.64 bits per heavy atom. The summed E-state index contributed by atoms with van der Waals surface area (Å²) < 4.78 is 0. The van der Waals surface area contributed by atoms with E-state index in [4.69, 9.17) is 5.73 Å². The summed E-state index contributed by atoms with van der Waals surface area (Å²) in [4.78, 5) is 16.5. The lowest BCUT2D eigenvalue weighted by atomic mass is 10.1. The monoisotopic (exact) mass is 291 g/mol. The van der Waals surface area contributed by atoms with Crippen LogP contribution >= 0.6 is 0 Å². The minimum atomic E-state index is -0.589. The molecule has 0 saturated carbocycles. The Hall–Kier alpha value is -2.72. The predicted molar refractivity (Wildman–Crippen MR) is 88.5 cm³/mol. The number of fused-ring (bicyclic) bond motifs is 1. The van der Waals surface area contributed by atoms with Crippen molar-refractivity contribution in [3.05, 3.63) is 72.4 Å². The summed E-state index contributed by atoms with van der Waals surface area (Å²) in [5.74, 6) is -0.207. The average Bonchev–Trinajstić information content (AvgIpc) is 2.55. The SMILES string of the molecule is NC(Cc1ccccc1)C(=O)Nc1cnc2ccccc2c1. The Labute approximate surface area is 129 Å².